The molecule has 0 spiro atoms. The van der Waals surface area contributed by atoms with Gasteiger partial charge < -0.3 is 10.6 Å². The molecule has 98 valence electrons. The lowest BCUT2D eigenvalue weighted by Crippen LogP contribution is -2.42. The Bertz CT molecular complexity index is 282. The van der Waals surface area contributed by atoms with Crippen LogP contribution in [0.1, 0.15) is 46.0 Å². The van der Waals surface area contributed by atoms with E-state index in [0.717, 1.165) is 18.2 Å². The number of hydrogen-bond donors (Lipinski definition) is 2. The zero-order valence-corrected chi connectivity index (χ0v) is 11.6. The first-order valence-electron chi connectivity index (χ1n) is 6.53. The topological polar surface area (TPSA) is 48.8 Å². The molecule has 1 aliphatic rings. The van der Waals surface area contributed by atoms with Gasteiger partial charge in [0.05, 0.1) is 17.2 Å². The summed E-state index contributed by atoms with van der Waals surface area (Å²) in [5, 5.41) is 6.52. The van der Waals surface area contributed by atoms with Crippen molar-refractivity contribution in [3.63, 3.8) is 0 Å². The zero-order valence-electron chi connectivity index (χ0n) is 11.6. The van der Waals surface area contributed by atoms with Crippen LogP contribution in [0.4, 0.5) is 0 Å². The van der Waals surface area contributed by atoms with Gasteiger partial charge in [0.25, 0.3) is 0 Å². The van der Waals surface area contributed by atoms with Gasteiger partial charge in [0.1, 0.15) is 0 Å². The van der Waals surface area contributed by atoms with Gasteiger partial charge in [0.15, 0.2) is 0 Å². The molecule has 1 fully saturated rings. The van der Waals surface area contributed by atoms with E-state index in [1.807, 2.05) is 20.9 Å². The first kappa shape index (κ1) is 14.2. The van der Waals surface area contributed by atoms with E-state index in [9.17, 15) is 0 Å². The first-order valence-corrected chi connectivity index (χ1v) is 6.53. The fourth-order valence-electron chi connectivity index (χ4n) is 2.57. The summed E-state index contributed by atoms with van der Waals surface area (Å²) >= 11 is 0. The maximum absolute atomic E-state index is 4.91. The molecule has 1 aliphatic carbocycles. The van der Waals surface area contributed by atoms with Crippen molar-refractivity contribution in [3.8, 4) is 0 Å². The molecule has 0 bridgehead atoms. The molecular weight excluding hydrogens is 212 g/mol. The van der Waals surface area contributed by atoms with Gasteiger partial charge in [0, 0.05) is 13.6 Å². The highest BCUT2D eigenvalue weighted by Crippen LogP contribution is 2.31. The van der Waals surface area contributed by atoms with Gasteiger partial charge in [-0.05, 0) is 33.7 Å². The Morgan fingerprint density at radius 1 is 1.12 bits per heavy atom. The van der Waals surface area contributed by atoms with Gasteiger partial charge in [0.2, 0.25) is 0 Å². The van der Waals surface area contributed by atoms with E-state index in [2.05, 4.69) is 15.6 Å². The lowest BCUT2D eigenvalue weighted by atomic mass is 9.82. The van der Waals surface area contributed by atoms with Gasteiger partial charge in [-0.1, -0.05) is 19.3 Å². The molecule has 0 aromatic rings. The maximum Gasteiger partial charge on any atom is 0.0991 e. The van der Waals surface area contributed by atoms with E-state index < -0.39 is 0 Å². The minimum absolute atomic E-state index is 0.0953. The van der Waals surface area contributed by atoms with Crippen LogP contribution in [0, 0.1) is 0 Å². The lowest BCUT2D eigenvalue weighted by molar-refractivity contribution is 0.292. The van der Waals surface area contributed by atoms with Crippen molar-refractivity contribution in [1.29, 1.82) is 0 Å². The van der Waals surface area contributed by atoms with Crippen molar-refractivity contribution in [1.82, 2.24) is 10.6 Å². The monoisotopic (exact) mass is 238 g/mol. The Morgan fingerprint density at radius 2 is 1.76 bits per heavy atom. The fourth-order valence-corrected chi connectivity index (χ4v) is 2.57. The predicted molar refractivity (Wildman–Crippen MR) is 75.0 cm³/mol. The van der Waals surface area contributed by atoms with Crippen molar-refractivity contribution in [2.75, 3.05) is 20.6 Å². The van der Waals surface area contributed by atoms with E-state index in [-0.39, 0.29) is 5.54 Å². The zero-order chi connectivity index (χ0) is 12.7. The van der Waals surface area contributed by atoms with Crippen molar-refractivity contribution in [2.24, 2.45) is 9.98 Å². The minimum Gasteiger partial charge on any atom is -0.333 e. The van der Waals surface area contributed by atoms with E-state index in [4.69, 9.17) is 4.99 Å². The average molecular weight is 238 g/mol. The third-order valence-electron chi connectivity index (χ3n) is 3.39. The number of likely N-dealkylation sites (N-methyl/N-ethyl adjacent to an activating group) is 1. The van der Waals surface area contributed by atoms with Gasteiger partial charge in [-0.15, -0.1) is 0 Å². The summed E-state index contributed by atoms with van der Waals surface area (Å²) in [7, 11) is 3.80. The Hall–Kier alpha value is -0.900. The summed E-state index contributed by atoms with van der Waals surface area (Å²) in [6.45, 7) is 4.96. The predicted octanol–water partition coefficient (Wildman–Crippen LogP) is 1.96. The summed E-state index contributed by atoms with van der Waals surface area (Å²) in [6, 6.07) is 0. The molecule has 17 heavy (non-hydrogen) atoms. The normalized spacial score (nSPS) is 21.4. The second kappa shape index (κ2) is 6.74. The van der Waals surface area contributed by atoms with Crippen LogP contribution in [0.2, 0.25) is 0 Å². The van der Waals surface area contributed by atoms with Crippen molar-refractivity contribution in [3.05, 3.63) is 0 Å². The van der Waals surface area contributed by atoms with E-state index >= 15 is 0 Å². The molecule has 0 aromatic carbocycles. The maximum atomic E-state index is 4.91. The molecule has 0 radical (unpaired) electrons. The molecule has 2 N–H and O–H groups in total. The van der Waals surface area contributed by atoms with Crippen molar-refractivity contribution < 1.29 is 0 Å². The van der Waals surface area contributed by atoms with Gasteiger partial charge >= 0.3 is 0 Å². The Labute approximate surface area is 105 Å². The molecular formula is C13H26N4. The number of rotatable bonds is 3. The molecule has 0 amide bonds. The van der Waals surface area contributed by atoms with Crippen molar-refractivity contribution >= 4 is 11.7 Å². The Kier molecular flexibility index (Phi) is 5.62. The highest BCUT2D eigenvalue weighted by Gasteiger charge is 2.30. The lowest BCUT2D eigenvalue weighted by Gasteiger charge is -2.34. The van der Waals surface area contributed by atoms with Gasteiger partial charge in [-0.2, -0.15) is 0 Å². The molecule has 0 aliphatic heterocycles. The standard InChI is InChI=1S/C13H26N4/c1-11(15-4)16-12(2)17-13(10-14-3)8-6-5-7-9-13/h14H,5-10H2,1-4H3,(H,15,16,17). The minimum atomic E-state index is 0.0953. The average Bonchev–Trinajstić information content (AvgIpc) is 2.29. The summed E-state index contributed by atoms with van der Waals surface area (Å²) in [5.41, 5.74) is 0.0953. The van der Waals surface area contributed by atoms with Crippen molar-refractivity contribution in [2.45, 2.75) is 51.5 Å². The number of amidine groups is 2. The fraction of sp³-hybridized carbons (Fsp3) is 0.846. The SMILES string of the molecule is CN=C(C)NC(C)=NC1(CNC)CCCCC1. The van der Waals surface area contributed by atoms with Crippen LogP contribution in [0.25, 0.3) is 0 Å². The highest BCUT2D eigenvalue weighted by molar-refractivity contribution is 5.98. The molecule has 1 saturated carbocycles. The van der Waals surface area contributed by atoms with Crippen LogP contribution in [0.3, 0.4) is 0 Å². The molecule has 4 nitrogen and oxygen atoms in total. The number of hydrogen-bond acceptors (Lipinski definition) is 3. The number of nitrogens with one attached hydrogen (secondary N) is 2. The van der Waals surface area contributed by atoms with E-state index in [1.54, 1.807) is 7.05 Å². The molecule has 0 atom stereocenters. The molecule has 0 heterocycles. The van der Waals surface area contributed by atoms with Gasteiger partial charge in [-0.3, -0.25) is 9.98 Å². The number of aliphatic imine (C=N–C) groups is 2. The van der Waals surface area contributed by atoms with Crippen LogP contribution in [-0.4, -0.2) is 37.9 Å². The van der Waals surface area contributed by atoms with Crippen LogP contribution in [-0.2, 0) is 0 Å². The largest absolute Gasteiger partial charge is 0.333 e. The highest BCUT2D eigenvalue weighted by atomic mass is 15.1. The smallest absolute Gasteiger partial charge is 0.0991 e. The second-order valence-corrected chi connectivity index (χ2v) is 4.95. The Balaban J connectivity index is 2.73. The molecule has 0 unspecified atom stereocenters. The van der Waals surface area contributed by atoms with Crippen LogP contribution in [0.15, 0.2) is 9.98 Å². The molecule has 1 rings (SSSR count). The summed E-state index contributed by atoms with van der Waals surface area (Å²) in [4.78, 5) is 9.01. The third kappa shape index (κ3) is 4.46. The quantitative estimate of drug-likeness (QED) is 0.583. The number of nitrogens with zero attached hydrogens (tertiary/aromatic N) is 2. The van der Waals surface area contributed by atoms with Crippen LogP contribution < -0.4 is 10.6 Å². The Morgan fingerprint density at radius 3 is 2.29 bits per heavy atom. The molecule has 0 saturated heterocycles. The van der Waals surface area contributed by atoms with E-state index in [0.29, 0.717) is 0 Å². The summed E-state index contributed by atoms with van der Waals surface area (Å²) < 4.78 is 0. The summed E-state index contributed by atoms with van der Waals surface area (Å²) in [5.74, 6) is 1.90. The van der Waals surface area contributed by atoms with Crippen LogP contribution in [0.5, 0.6) is 0 Å². The molecule has 4 heteroatoms. The van der Waals surface area contributed by atoms with E-state index in [1.165, 1.54) is 32.1 Å². The first-order chi connectivity index (χ1) is 8.12. The van der Waals surface area contributed by atoms with Gasteiger partial charge in [-0.25, -0.2) is 0 Å². The van der Waals surface area contributed by atoms with Crippen LogP contribution >= 0.6 is 0 Å². The summed E-state index contributed by atoms with van der Waals surface area (Å²) in [6.07, 6.45) is 6.31. The second-order valence-electron chi connectivity index (χ2n) is 4.95. The third-order valence-corrected chi connectivity index (χ3v) is 3.39. The molecule has 0 aromatic heterocycles.